The largest absolute Gasteiger partial charge is 0.444 e. The van der Waals surface area contributed by atoms with Crippen LogP contribution in [0, 0.1) is 16.7 Å². The lowest BCUT2D eigenvalue weighted by atomic mass is 9.80. The van der Waals surface area contributed by atoms with Gasteiger partial charge < -0.3 is 36.2 Å². The normalized spacial score (nSPS) is 20.7. The molecule has 306 valence electrons. The smallest absolute Gasteiger partial charge is 0.410 e. The van der Waals surface area contributed by atoms with Gasteiger partial charge in [0.2, 0.25) is 27.6 Å². The van der Waals surface area contributed by atoms with E-state index in [-0.39, 0.29) is 31.8 Å². The molecular formula is C38H59N7O9S. The summed E-state index contributed by atoms with van der Waals surface area (Å²) in [6.45, 7) is 11.3. The summed E-state index contributed by atoms with van der Waals surface area (Å²) >= 11 is 0. The number of ketones is 1. The molecule has 1 aromatic carbocycles. The number of primary amides is 1. The molecule has 3 aliphatic rings. The number of benzene rings is 1. The molecule has 5 N–H and O–H groups in total. The quantitative estimate of drug-likeness (QED) is 0.214. The molecule has 55 heavy (non-hydrogen) atoms. The summed E-state index contributed by atoms with van der Waals surface area (Å²) in [4.78, 5) is 83.4. The van der Waals surface area contributed by atoms with Gasteiger partial charge in [0.1, 0.15) is 18.2 Å². The Kier molecular flexibility index (Phi) is 13.6. The van der Waals surface area contributed by atoms with Gasteiger partial charge in [-0.15, -0.1) is 0 Å². The molecular weight excluding hydrogens is 731 g/mol. The minimum atomic E-state index is -3.56. The van der Waals surface area contributed by atoms with E-state index in [0.29, 0.717) is 19.5 Å². The Morgan fingerprint density at radius 3 is 2.15 bits per heavy atom. The Morgan fingerprint density at radius 2 is 1.60 bits per heavy atom. The second-order valence-corrected chi connectivity index (χ2v) is 19.5. The summed E-state index contributed by atoms with van der Waals surface area (Å²) in [6.07, 6.45) is 2.98. The van der Waals surface area contributed by atoms with Gasteiger partial charge >= 0.3 is 12.1 Å². The number of hydrogen-bond donors (Lipinski definition) is 4. The van der Waals surface area contributed by atoms with Gasteiger partial charge in [-0.2, -0.15) is 0 Å². The number of likely N-dealkylation sites (N-methyl/N-ethyl adjacent to an activating group) is 1. The van der Waals surface area contributed by atoms with Crippen LogP contribution in [-0.2, 0) is 46.9 Å². The first-order valence-electron chi connectivity index (χ1n) is 18.9. The van der Waals surface area contributed by atoms with E-state index in [1.807, 2.05) is 45.0 Å². The van der Waals surface area contributed by atoms with E-state index < -0.39 is 86.8 Å². The standard InChI is InChI=1S/C38H59N7O9S/c1-37(2,3)29(22-43(7)55(8,52)53)41-35(50)42-31(38(4,5)6)34(49)45-21-26(54-36(51)44-17-16-24-14-9-10-15-25(24)20-44)19-28(45)33(48)40-27(30(46)32(39)47)18-23-12-11-13-23/h9-10,14-15,23,26-29,31H,11-13,16-22H2,1-8H3,(H2,39,47)(H,40,48)(H2,41,42,50)/t26-,27?,28?,29-,31?/m1/s1. The number of likely N-dealkylation sites (tertiary alicyclic amines) is 1. The third kappa shape index (κ3) is 11.4. The lowest BCUT2D eigenvalue weighted by Gasteiger charge is -2.37. The number of Topliss-reactive ketones (excluding diaryl/α,β-unsaturated/α-hetero) is 1. The zero-order valence-electron chi connectivity index (χ0n) is 33.3. The number of ether oxygens (including phenoxy) is 1. The molecule has 5 atom stereocenters. The predicted octanol–water partition coefficient (Wildman–Crippen LogP) is 1.90. The highest BCUT2D eigenvalue weighted by Gasteiger charge is 2.47. The molecule has 1 saturated carbocycles. The molecule has 1 aliphatic carbocycles. The summed E-state index contributed by atoms with van der Waals surface area (Å²) < 4.78 is 31.4. The minimum Gasteiger partial charge on any atom is -0.444 e. The molecule has 4 rings (SSSR count). The molecule has 0 aromatic heterocycles. The van der Waals surface area contributed by atoms with Crippen molar-refractivity contribution in [3.8, 4) is 0 Å². The maximum atomic E-state index is 14.6. The van der Waals surface area contributed by atoms with Crippen molar-refractivity contribution < 1.29 is 41.9 Å². The highest BCUT2D eigenvalue weighted by atomic mass is 32.2. The third-order valence-corrected chi connectivity index (χ3v) is 12.2. The average Bonchev–Trinajstić information content (AvgIpc) is 3.49. The molecule has 2 heterocycles. The van der Waals surface area contributed by atoms with Crippen LogP contribution in [0.5, 0.6) is 0 Å². The molecule has 1 saturated heterocycles. The first-order chi connectivity index (χ1) is 25.4. The molecule has 0 spiro atoms. The Bertz CT molecular complexity index is 1740. The number of sulfonamides is 1. The zero-order chi connectivity index (χ0) is 41.0. The van der Waals surface area contributed by atoms with Crippen molar-refractivity contribution >= 4 is 45.7 Å². The number of urea groups is 1. The highest BCUT2D eigenvalue weighted by Crippen LogP contribution is 2.32. The minimum absolute atomic E-state index is 0.0278. The van der Waals surface area contributed by atoms with Crippen LogP contribution in [0.25, 0.3) is 0 Å². The lowest BCUT2D eigenvalue weighted by Crippen LogP contribution is -2.62. The summed E-state index contributed by atoms with van der Waals surface area (Å²) in [6, 6.07) is 2.80. The SMILES string of the molecule is CN(C[C@@H](NC(=O)NC(C(=O)N1C[C@H](OC(=O)N2CCc3ccccc3C2)CC1C(=O)NC(CC1CCC1)C(=O)C(N)=O)C(C)(C)C)C(C)(C)C)S(C)(=O)=O. The number of carbonyl (C=O) groups excluding carboxylic acids is 6. The second-order valence-electron chi connectivity index (χ2n) is 17.4. The van der Waals surface area contributed by atoms with Crippen LogP contribution < -0.4 is 21.7 Å². The van der Waals surface area contributed by atoms with Gasteiger partial charge in [-0.25, -0.2) is 22.3 Å². The predicted molar refractivity (Wildman–Crippen MR) is 205 cm³/mol. The zero-order valence-corrected chi connectivity index (χ0v) is 34.2. The highest BCUT2D eigenvalue weighted by molar-refractivity contribution is 7.88. The lowest BCUT2D eigenvalue weighted by molar-refractivity contribution is -0.143. The van der Waals surface area contributed by atoms with E-state index in [2.05, 4.69) is 16.0 Å². The van der Waals surface area contributed by atoms with E-state index in [0.717, 1.165) is 41.0 Å². The van der Waals surface area contributed by atoms with Crippen molar-refractivity contribution in [1.29, 1.82) is 0 Å². The van der Waals surface area contributed by atoms with E-state index in [1.54, 1.807) is 25.7 Å². The van der Waals surface area contributed by atoms with E-state index in [1.165, 1.54) is 11.9 Å². The molecule has 17 heteroatoms. The topological polar surface area (TPSA) is 218 Å². The number of amides is 6. The molecule has 2 fully saturated rings. The van der Waals surface area contributed by atoms with Gasteiger partial charge in [0.05, 0.1) is 18.8 Å². The van der Waals surface area contributed by atoms with Crippen LogP contribution >= 0.6 is 0 Å². The van der Waals surface area contributed by atoms with Crippen molar-refractivity contribution in [2.75, 3.05) is 32.9 Å². The van der Waals surface area contributed by atoms with Gasteiger partial charge in [-0.3, -0.25) is 19.2 Å². The van der Waals surface area contributed by atoms with Crippen LogP contribution in [0.2, 0.25) is 0 Å². The van der Waals surface area contributed by atoms with Crippen molar-refractivity contribution in [2.45, 2.75) is 117 Å². The summed E-state index contributed by atoms with van der Waals surface area (Å²) in [5.41, 5.74) is 6.01. The second kappa shape index (κ2) is 17.3. The summed E-state index contributed by atoms with van der Waals surface area (Å²) in [5, 5.41) is 8.28. The van der Waals surface area contributed by atoms with Crippen molar-refractivity contribution in [2.24, 2.45) is 22.5 Å². The fourth-order valence-corrected chi connectivity index (χ4v) is 7.47. The maximum Gasteiger partial charge on any atom is 0.410 e. The van der Waals surface area contributed by atoms with Crippen LogP contribution in [-0.4, -0.2) is 121 Å². The van der Waals surface area contributed by atoms with Crippen LogP contribution in [0.4, 0.5) is 9.59 Å². The van der Waals surface area contributed by atoms with E-state index >= 15 is 0 Å². The summed E-state index contributed by atoms with van der Waals surface area (Å²) in [5.74, 6) is -3.35. The van der Waals surface area contributed by atoms with Gasteiger partial charge in [-0.1, -0.05) is 85.1 Å². The molecule has 2 aliphatic heterocycles. The van der Waals surface area contributed by atoms with Crippen LogP contribution in [0.1, 0.15) is 84.8 Å². The average molecular weight is 790 g/mol. The number of nitrogens with two attached hydrogens (primary N) is 1. The molecule has 16 nitrogen and oxygen atoms in total. The Labute approximate surface area is 324 Å². The Balaban J connectivity index is 1.58. The monoisotopic (exact) mass is 789 g/mol. The number of nitrogens with one attached hydrogen (secondary N) is 3. The number of rotatable bonds is 13. The molecule has 0 bridgehead atoms. The fraction of sp³-hybridized carbons (Fsp3) is 0.684. The first kappa shape index (κ1) is 43.5. The van der Waals surface area contributed by atoms with Crippen LogP contribution in [0.3, 0.4) is 0 Å². The number of carbonyl (C=O) groups is 6. The Morgan fingerprint density at radius 1 is 0.964 bits per heavy atom. The molecule has 0 radical (unpaired) electrons. The number of nitrogens with zero attached hydrogens (tertiary/aromatic N) is 3. The first-order valence-corrected chi connectivity index (χ1v) is 20.8. The molecule has 3 unspecified atom stereocenters. The molecule has 1 aromatic rings. The summed E-state index contributed by atoms with van der Waals surface area (Å²) in [7, 11) is -2.15. The van der Waals surface area contributed by atoms with Crippen molar-refractivity contribution in [3.05, 3.63) is 35.4 Å². The van der Waals surface area contributed by atoms with Gasteiger partial charge in [0, 0.05) is 39.1 Å². The number of hydrogen-bond acceptors (Lipinski definition) is 9. The Hall–Kier alpha value is -4.25. The van der Waals surface area contributed by atoms with Crippen LogP contribution in [0.15, 0.2) is 24.3 Å². The number of fused-ring (bicyclic) bond motifs is 1. The fourth-order valence-electron chi connectivity index (χ4n) is 7.05. The van der Waals surface area contributed by atoms with E-state index in [9.17, 15) is 37.2 Å². The maximum absolute atomic E-state index is 14.6. The van der Waals surface area contributed by atoms with E-state index in [4.69, 9.17) is 10.5 Å². The van der Waals surface area contributed by atoms with Gasteiger partial charge in [0.15, 0.2) is 0 Å². The van der Waals surface area contributed by atoms with Crippen molar-refractivity contribution in [3.63, 3.8) is 0 Å². The molecule has 6 amide bonds. The van der Waals surface area contributed by atoms with Gasteiger partial charge in [0.25, 0.3) is 5.91 Å². The third-order valence-electron chi connectivity index (χ3n) is 10.9. The van der Waals surface area contributed by atoms with Gasteiger partial charge in [-0.05, 0) is 40.7 Å². The van der Waals surface area contributed by atoms with Crippen molar-refractivity contribution in [1.82, 2.24) is 30.1 Å².